The zero-order valence-electron chi connectivity index (χ0n) is 18.4. The van der Waals surface area contributed by atoms with Crippen LogP contribution in [-0.2, 0) is 15.9 Å². The molecule has 0 bridgehead atoms. The number of rotatable bonds is 11. The van der Waals surface area contributed by atoms with E-state index in [0.717, 1.165) is 64.7 Å². The van der Waals surface area contributed by atoms with Crippen molar-refractivity contribution in [3.63, 3.8) is 0 Å². The van der Waals surface area contributed by atoms with Crippen molar-refractivity contribution in [1.29, 1.82) is 0 Å². The van der Waals surface area contributed by atoms with Crippen LogP contribution in [0.4, 0.5) is 0 Å². The topological polar surface area (TPSA) is 58.1 Å². The summed E-state index contributed by atoms with van der Waals surface area (Å²) < 4.78 is 11.1. The lowest BCUT2D eigenvalue weighted by molar-refractivity contribution is 0.0888. The standard InChI is InChI=1S/C22H38N4O2.HI/c1-5-18-7-9-20(10-8-18)21(26(3)4)15-25-22(23-2)24-12-6-13-27-16-19-11-14-28-17-19;/h7-10,19,21H,5-6,11-17H2,1-4H3,(H2,23,24,25);1H. The van der Waals surface area contributed by atoms with Gasteiger partial charge in [0.05, 0.1) is 19.3 Å². The Kier molecular flexibility index (Phi) is 13.5. The highest BCUT2D eigenvalue weighted by molar-refractivity contribution is 14.0. The van der Waals surface area contributed by atoms with Crippen LogP contribution in [-0.4, -0.2) is 71.5 Å². The Morgan fingerprint density at radius 3 is 2.62 bits per heavy atom. The van der Waals surface area contributed by atoms with Crippen LogP contribution < -0.4 is 10.6 Å². The minimum Gasteiger partial charge on any atom is -0.381 e. The molecule has 6 nitrogen and oxygen atoms in total. The summed E-state index contributed by atoms with van der Waals surface area (Å²) in [5, 5.41) is 6.83. The Morgan fingerprint density at radius 2 is 2.03 bits per heavy atom. The molecule has 1 saturated heterocycles. The second kappa shape index (κ2) is 15.0. The predicted molar refractivity (Wildman–Crippen MR) is 131 cm³/mol. The molecule has 0 radical (unpaired) electrons. The van der Waals surface area contributed by atoms with Gasteiger partial charge in [-0.25, -0.2) is 0 Å². The van der Waals surface area contributed by atoms with Gasteiger partial charge in [0.25, 0.3) is 0 Å². The third-order valence-electron chi connectivity index (χ3n) is 5.22. The lowest BCUT2D eigenvalue weighted by atomic mass is 10.0. The maximum absolute atomic E-state index is 5.75. The molecule has 2 N–H and O–H groups in total. The predicted octanol–water partition coefficient (Wildman–Crippen LogP) is 3.08. The highest BCUT2D eigenvalue weighted by atomic mass is 127. The van der Waals surface area contributed by atoms with Crippen molar-refractivity contribution in [3.8, 4) is 0 Å². The first kappa shape index (κ1) is 26.1. The van der Waals surface area contributed by atoms with Crippen molar-refractivity contribution in [2.24, 2.45) is 10.9 Å². The Labute approximate surface area is 193 Å². The molecule has 2 rings (SSSR count). The van der Waals surface area contributed by atoms with Crippen LogP contribution in [0.1, 0.15) is 36.9 Å². The molecule has 166 valence electrons. The zero-order chi connectivity index (χ0) is 20.2. The molecular formula is C22H39IN4O2. The first-order valence-corrected chi connectivity index (χ1v) is 10.5. The molecule has 1 heterocycles. The number of aliphatic imine (C=N–C) groups is 1. The molecule has 29 heavy (non-hydrogen) atoms. The van der Waals surface area contributed by atoms with Gasteiger partial charge in [0.15, 0.2) is 5.96 Å². The van der Waals surface area contributed by atoms with E-state index in [1.165, 1.54) is 11.1 Å². The van der Waals surface area contributed by atoms with Gasteiger partial charge in [0.2, 0.25) is 0 Å². The van der Waals surface area contributed by atoms with E-state index in [1.54, 1.807) is 0 Å². The van der Waals surface area contributed by atoms with Crippen LogP contribution in [0.5, 0.6) is 0 Å². The summed E-state index contributed by atoms with van der Waals surface area (Å²) in [5.74, 6) is 1.41. The van der Waals surface area contributed by atoms with Gasteiger partial charge in [-0.3, -0.25) is 4.99 Å². The number of hydrogen-bond donors (Lipinski definition) is 2. The summed E-state index contributed by atoms with van der Waals surface area (Å²) in [6.45, 7) is 7.15. The average molecular weight is 518 g/mol. The molecule has 2 atom stereocenters. The smallest absolute Gasteiger partial charge is 0.191 e. The highest BCUT2D eigenvalue weighted by Gasteiger charge is 2.16. The van der Waals surface area contributed by atoms with E-state index >= 15 is 0 Å². The lowest BCUT2D eigenvalue weighted by Gasteiger charge is -2.26. The molecule has 0 aliphatic carbocycles. The normalized spacial score (nSPS) is 17.8. The fourth-order valence-electron chi connectivity index (χ4n) is 3.33. The van der Waals surface area contributed by atoms with Crippen LogP contribution in [0, 0.1) is 5.92 Å². The van der Waals surface area contributed by atoms with Crippen molar-refractivity contribution in [1.82, 2.24) is 15.5 Å². The van der Waals surface area contributed by atoms with Crippen LogP contribution in [0.25, 0.3) is 0 Å². The molecule has 7 heteroatoms. The van der Waals surface area contributed by atoms with Gasteiger partial charge in [-0.15, -0.1) is 24.0 Å². The molecule has 2 unspecified atom stereocenters. The first-order chi connectivity index (χ1) is 13.6. The van der Waals surface area contributed by atoms with Crippen LogP contribution >= 0.6 is 24.0 Å². The second-order valence-corrected chi connectivity index (χ2v) is 7.61. The fraction of sp³-hybridized carbons (Fsp3) is 0.682. The van der Waals surface area contributed by atoms with E-state index in [1.807, 2.05) is 7.05 Å². The SMILES string of the molecule is CCc1ccc(C(CNC(=NC)NCCCOCC2CCOC2)N(C)C)cc1.I. The van der Waals surface area contributed by atoms with Crippen molar-refractivity contribution >= 4 is 29.9 Å². The zero-order valence-corrected chi connectivity index (χ0v) is 20.8. The molecule has 1 aromatic carbocycles. The highest BCUT2D eigenvalue weighted by Crippen LogP contribution is 2.18. The van der Waals surface area contributed by atoms with Crippen LogP contribution in [0.2, 0.25) is 0 Å². The number of aryl methyl sites for hydroxylation is 1. The summed E-state index contributed by atoms with van der Waals surface area (Å²) in [6.07, 6.45) is 3.16. The molecule has 1 fully saturated rings. The minimum absolute atomic E-state index is 0. The van der Waals surface area contributed by atoms with E-state index in [4.69, 9.17) is 9.47 Å². The average Bonchev–Trinajstić information content (AvgIpc) is 3.22. The quantitative estimate of drug-likeness (QED) is 0.204. The third-order valence-corrected chi connectivity index (χ3v) is 5.22. The Balaban J connectivity index is 0.00000420. The van der Waals surface area contributed by atoms with Gasteiger partial charge in [0.1, 0.15) is 0 Å². The van der Waals surface area contributed by atoms with E-state index in [9.17, 15) is 0 Å². The van der Waals surface area contributed by atoms with Gasteiger partial charge in [-0.1, -0.05) is 31.2 Å². The molecule has 1 aliphatic rings. The minimum atomic E-state index is 0. The van der Waals surface area contributed by atoms with Crippen LogP contribution in [0.3, 0.4) is 0 Å². The number of halogens is 1. The van der Waals surface area contributed by atoms with E-state index in [0.29, 0.717) is 12.0 Å². The van der Waals surface area contributed by atoms with E-state index in [2.05, 4.69) is 65.8 Å². The third kappa shape index (κ3) is 9.63. The largest absolute Gasteiger partial charge is 0.381 e. The second-order valence-electron chi connectivity index (χ2n) is 7.61. The number of benzene rings is 1. The number of guanidine groups is 1. The number of nitrogens with zero attached hydrogens (tertiary/aromatic N) is 2. The molecule has 1 aliphatic heterocycles. The van der Waals surface area contributed by atoms with E-state index < -0.39 is 0 Å². The summed E-state index contributed by atoms with van der Waals surface area (Å²) >= 11 is 0. The molecular weight excluding hydrogens is 479 g/mol. The van der Waals surface area contributed by atoms with Gasteiger partial charge >= 0.3 is 0 Å². The Bertz CT molecular complexity index is 575. The lowest BCUT2D eigenvalue weighted by Crippen LogP contribution is -2.42. The number of nitrogens with one attached hydrogen (secondary N) is 2. The fourth-order valence-corrected chi connectivity index (χ4v) is 3.33. The molecule has 0 amide bonds. The Morgan fingerprint density at radius 1 is 1.28 bits per heavy atom. The number of likely N-dealkylation sites (N-methyl/N-ethyl adjacent to an activating group) is 1. The monoisotopic (exact) mass is 518 g/mol. The summed E-state index contributed by atoms with van der Waals surface area (Å²) in [5.41, 5.74) is 2.68. The number of hydrogen-bond acceptors (Lipinski definition) is 4. The van der Waals surface area contributed by atoms with Gasteiger partial charge in [-0.05, 0) is 44.5 Å². The summed E-state index contributed by atoms with van der Waals surface area (Å²) in [6, 6.07) is 9.19. The molecule has 1 aromatic rings. The van der Waals surface area contributed by atoms with Crippen molar-refractivity contribution < 1.29 is 9.47 Å². The number of ether oxygens (including phenoxy) is 2. The summed E-state index contributed by atoms with van der Waals surface area (Å²) in [4.78, 5) is 6.58. The summed E-state index contributed by atoms with van der Waals surface area (Å²) in [7, 11) is 6.04. The van der Waals surface area contributed by atoms with Crippen molar-refractivity contribution in [2.45, 2.75) is 32.2 Å². The van der Waals surface area contributed by atoms with Gasteiger partial charge in [-0.2, -0.15) is 0 Å². The van der Waals surface area contributed by atoms with Crippen molar-refractivity contribution in [2.75, 3.05) is 60.7 Å². The maximum Gasteiger partial charge on any atom is 0.191 e. The van der Waals surface area contributed by atoms with Crippen molar-refractivity contribution in [3.05, 3.63) is 35.4 Å². The molecule has 0 aromatic heterocycles. The van der Waals surface area contributed by atoms with E-state index in [-0.39, 0.29) is 24.0 Å². The Hall–Kier alpha value is -0.900. The maximum atomic E-state index is 5.75. The first-order valence-electron chi connectivity index (χ1n) is 10.5. The molecule has 0 saturated carbocycles. The molecule has 0 spiro atoms. The van der Waals surface area contributed by atoms with Gasteiger partial charge in [0, 0.05) is 39.3 Å². The van der Waals surface area contributed by atoms with Gasteiger partial charge < -0.3 is 25.0 Å². The van der Waals surface area contributed by atoms with Crippen LogP contribution in [0.15, 0.2) is 29.3 Å².